The average molecular weight is 393 g/mol. The highest BCUT2D eigenvalue weighted by atomic mass is 35.5. The first-order valence-corrected chi connectivity index (χ1v) is 10.3. The molecule has 0 atom stereocenters. The molecule has 2 aromatic carbocycles. The summed E-state index contributed by atoms with van der Waals surface area (Å²) in [7, 11) is -3.53. The van der Waals surface area contributed by atoms with E-state index in [-0.39, 0.29) is 16.8 Å². The number of nitrogens with one attached hydrogen (secondary N) is 1. The number of aryl methyl sites for hydroxylation is 1. The molecule has 1 fully saturated rings. The van der Waals surface area contributed by atoms with Gasteiger partial charge in [-0.3, -0.25) is 4.79 Å². The Hall–Kier alpha value is -1.89. The molecule has 1 aliphatic rings. The van der Waals surface area contributed by atoms with Crippen LogP contribution in [-0.2, 0) is 10.0 Å². The van der Waals surface area contributed by atoms with Crippen molar-refractivity contribution in [3.05, 3.63) is 64.7 Å². The van der Waals surface area contributed by atoms with Crippen LogP contribution in [0.25, 0.3) is 0 Å². The van der Waals surface area contributed by atoms with Gasteiger partial charge >= 0.3 is 0 Å². The zero-order chi connectivity index (χ0) is 18.7. The Kier molecular flexibility index (Phi) is 5.65. The van der Waals surface area contributed by atoms with Crippen molar-refractivity contribution in [3.63, 3.8) is 0 Å². The molecule has 0 saturated carbocycles. The fourth-order valence-electron chi connectivity index (χ4n) is 2.97. The van der Waals surface area contributed by atoms with E-state index in [1.807, 2.05) is 19.1 Å². The van der Waals surface area contributed by atoms with Crippen LogP contribution in [0.2, 0.25) is 5.02 Å². The lowest BCUT2D eigenvalue weighted by atomic mass is 10.1. The van der Waals surface area contributed by atoms with Gasteiger partial charge in [0, 0.05) is 29.7 Å². The monoisotopic (exact) mass is 392 g/mol. The number of benzene rings is 2. The number of amides is 1. The van der Waals surface area contributed by atoms with Crippen LogP contribution < -0.4 is 5.32 Å². The van der Waals surface area contributed by atoms with Crippen LogP contribution in [-0.4, -0.2) is 37.8 Å². The molecule has 0 aliphatic carbocycles. The number of halogens is 1. The molecule has 0 bridgehead atoms. The van der Waals surface area contributed by atoms with Crippen molar-refractivity contribution >= 4 is 27.5 Å². The lowest BCUT2D eigenvalue weighted by molar-refractivity contribution is 0.0924. The summed E-state index contributed by atoms with van der Waals surface area (Å²) in [5, 5.41) is 3.50. The molecule has 1 saturated heterocycles. The van der Waals surface area contributed by atoms with Crippen molar-refractivity contribution in [3.8, 4) is 0 Å². The predicted octanol–water partition coefficient (Wildman–Crippen LogP) is 3.23. The molecular weight excluding hydrogens is 372 g/mol. The molecule has 0 aromatic heterocycles. The number of carbonyl (C=O) groups excluding carboxylic acids is 1. The molecule has 0 radical (unpaired) electrons. The van der Waals surface area contributed by atoms with Gasteiger partial charge in [-0.05, 0) is 56.2 Å². The minimum absolute atomic E-state index is 0.0273. The molecule has 1 N–H and O–H groups in total. The highest BCUT2D eigenvalue weighted by molar-refractivity contribution is 7.89. The summed E-state index contributed by atoms with van der Waals surface area (Å²) in [5.41, 5.74) is 1.72. The van der Waals surface area contributed by atoms with Gasteiger partial charge in [0.2, 0.25) is 10.0 Å². The van der Waals surface area contributed by atoms with Crippen LogP contribution in [0.15, 0.2) is 53.4 Å². The van der Waals surface area contributed by atoms with E-state index in [1.54, 1.807) is 24.3 Å². The minimum Gasteiger partial charge on any atom is -0.349 e. The van der Waals surface area contributed by atoms with Gasteiger partial charge in [-0.25, -0.2) is 8.42 Å². The van der Waals surface area contributed by atoms with Crippen molar-refractivity contribution in [2.45, 2.75) is 30.7 Å². The summed E-state index contributed by atoms with van der Waals surface area (Å²) in [6, 6.07) is 13.5. The molecule has 26 heavy (non-hydrogen) atoms. The molecule has 5 nitrogen and oxygen atoms in total. The molecule has 7 heteroatoms. The van der Waals surface area contributed by atoms with E-state index in [9.17, 15) is 13.2 Å². The van der Waals surface area contributed by atoms with E-state index in [4.69, 9.17) is 11.6 Å². The number of piperidine rings is 1. The number of carbonyl (C=O) groups is 1. The van der Waals surface area contributed by atoms with Gasteiger partial charge in [-0.1, -0.05) is 29.3 Å². The van der Waals surface area contributed by atoms with E-state index in [2.05, 4.69) is 5.32 Å². The van der Waals surface area contributed by atoms with Crippen molar-refractivity contribution in [2.75, 3.05) is 13.1 Å². The Balaban J connectivity index is 1.59. The number of nitrogens with zero attached hydrogens (tertiary/aromatic N) is 1. The Labute approximate surface area is 159 Å². The number of hydrogen-bond acceptors (Lipinski definition) is 3. The van der Waals surface area contributed by atoms with E-state index >= 15 is 0 Å². The fourth-order valence-corrected chi connectivity index (χ4v) is 4.57. The van der Waals surface area contributed by atoms with E-state index in [1.165, 1.54) is 16.4 Å². The molecular formula is C19H21ClN2O3S. The maximum Gasteiger partial charge on any atom is 0.251 e. The lowest BCUT2D eigenvalue weighted by Gasteiger charge is -2.31. The molecule has 3 rings (SSSR count). The third-order valence-corrected chi connectivity index (χ3v) is 6.72. The number of sulfonamides is 1. The van der Waals surface area contributed by atoms with E-state index in [0.717, 1.165) is 5.56 Å². The molecule has 0 unspecified atom stereocenters. The smallest absolute Gasteiger partial charge is 0.251 e. The standard InChI is InChI=1S/C19H21ClN2O3S/c1-14-2-4-15(5-3-14)19(23)21-17-10-12-22(13-11-17)26(24,25)18-8-6-16(20)7-9-18/h2-9,17H,10-13H2,1H3,(H,21,23). The number of rotatable bonds is 4. The van der Waals surface area contributed by atoms with E-state index in [0.29, 0.717) is 36.5 Å². The molecule has 2 aromatic rings. The first kappa shape index (κ1) is 18.9. The normalized spacial score (nSPS) is 16.4. The van der Waals surface area contributed by atoms with E-state index < -0.39 is 10.0 Å². The minimum atomic E-state index is -3.53. The second kappa shape index (κ2) is 7.78. The van der Waals surface area contributed by atoms with Crippen molar-refractivity contribution < 1.29 is 13.2 Å². The van der Waals surface area contributed by atoms with Gasteiger partial charge in [0.05, 0.1) is 4.90 Å². The lowest BCUT2D eigenvalue weighted by Crippen LogP contribution is -2.46. The van der Waals surface area contributed by atoms with Gasteiger partial charge < -0.3 is 5.32 Å². The van der Waals surface area contributed by atoms with Crippen LogP contribution in [0.4, 0.5) is 0 Å². The van der Waals surface area contributed by atoms with Crippen molar-refractivity contribution in [2.24, 2.45) is 0 Å². The first-order valence-electron chi connectivity index (χ1n) is 8.49. The highest BCUT2D eigenvalue weighted by Gasteiger charge is 2.30. The molecule has 138 valence electrons. The first-order chi connectivity index (χ1) is 12.4. The van der Waals surface area contributed by atoms with Crippen LogP contribution in [0, 0.1) is 6.92 Å². The SMILES string of the molecule is Cc1ccc(C(=O)NC2CCN(S(=O)(=O)c3ccc(Cl)cc3)CC2)cc1. The van der Waals surface area contributed by atoms with Gasteiger partial charge in [-0.15, -0.1) is 0 Å². The van der Waals surface area contributed by atoms with Crippen LogP contribution >= 0.6 is 11.6 Å². The highest BCUT2D eigenvalue weighted by Crippen LogP contribution is 2.22. The van der Waals surface area contributed by atoms with Gasteiger partial charge in [0.15, 0.2) is 0 Å². The van der Waals surface area contributed by atoms with Crippen LogP contribution in [0.5, 0.6) is 0 Å². The topological polar surface area (TPSA) is 66.5 Å². The van der Waals surface area contributed by atoms with Crippen LogP contribution in [0.1, 0.15) is 28.8 Å². The molecule has 1 aliphatic heterocycles. The Morgan fingerprint density at radius 2 is 1.62 bits per heavy atom. The number of hydrogen-bond donors (Lipinski definition) is 1. The molecule has 0 spiro atoms. The average Bonchev–Trinajstić information content (AvgIpc) is 2.63. The summed E-state index contributed by atoms with van der Waals surface area (Å²) < 4.78 is 26.8. The maximum atomic E-state index is 12.7. The summed E-state index contributed by atoms with van der Waals surface area (Å²) in [6.45, 7) is 2.73. The zero-order valence-electron chi connectivity index (χ0n) is 14.5. The van der Waals surface area contributed by atoms with Gasteiger partial charge in [0.25, 0.3) is 5.91 Å². The summed E-state index contributed by atoms with van der Waals surface area (Å²) in [4.78, 5) is 12.5. The summed E-state index contributed by atoms with van der Waals surface area (Å²) in [5.74, 6) is -0.121. The Bertz CT molecular complexity index is 872. The van der Waals surface area contributed by atoms with Crippen LogP contribution in [0.3, 0.4) is 0 Å². The second-order valence-corrected chi connectivity index (χ2v) is 8.85. The summed E-state index contributed by atoms with van der Waals surface area (Å²) >= 11 is 5.83. The predicted molar refractivity (Wildman–Crippen MR) is 102 cm³/mol. The van der Waals surface area contributed by atoms with Gasteiger partial charge in [-0.2, -0.15) is 4.31 Å². The third-order valence-electron chi connectivity index (χ3n) is 4.55. The summed E-state index contributed by atoms with van der Waals surface area (Å²) in [6.07, 6.45) is 1.18. The largest absolute Gasteiger partial charge is 0.349 e. The second-order valence-electron chi connectivity index (χ2n) is 6.47. The molecule has 1 amide bonds. The zero-order valence-corrected chi connectivity index (χ0v) is 16.1. The van der Waals surface area contributed by atoms with Crippen molar-refractivity contribution in [1.82, 2.24) is 9.62 Å². The Morgan fingerprint density at radius 3 is 2.19 bits per heavy atom. The fraction of sp³-hybridized carbons (Fsp3) is 0.316. The van der Waals surface area contributed by atoms with Crippen molar-refractivity contribution in [1.29, 1.82) is 0 Å². The Morgan fingerprint density at radius 1 is 1.04 bits per heavy atom. The van der Waals surface area contributed by atoms with Gasteiger partial charge in [0.1, 0.15) is 0 Å². The quantitative estimate of drug-likeness (QED) is 0.868. The third kappa shape index (κ3) is 4.26. The molecule has 1 heterocycles. The maximum absolute atomic E-state index is 12.7.